The average Bonchev–Trinajstić information content (AvgIpc) is 3.17. The molecule has 3 aromatic rings. The number of benzene rings is 1. The number of nitrogens with one attached hydrogen (secondary N) is 2. The first-order valence-electron chi connectivity index (χ1n) is 9.09. The van der Waals surface area contributed by atoms with Crippen LogP contribution in [0.15, 0.2) is 24.3 Å². The molecule has 0 atom stereocenters. The summed E-state index contributed by atoms with van der Waals surface area (Å²) in [6.45, 7) is 6.57. The predicted octanol–water partition coefficient (Wildman–Crippen LogP) is 3.06. The lowest BCUT2D eigenvalue weighted by atomic mass is 10.1. The molecule has 0 spiro atoms. The molecular formula is C20H24N4O4. The third kappa shape index (κ3) is 3.63. The van der Waals surface area contributed by atoms with Gasteiger partial charge in [0.15, 0.2) is 0 Å². The van der Waals surface area contributed by atoms with E-state index in [2.05, 4.69) is 15.3 Å². The maximum Gasteiger partial charge on any atom is 0.340 e. The number of nitrogens with zero attached hydrogens (tertiary/aromatic N) is 2. The van der Waals surface area contributed by atoms with E-state index in [-0.39, 0.29) is 12.5 Å². The van der Waals surface area contributed by atoms with Gasteiger partial charge in [0.2, 0.25) is 5.95 Å². The first kappa shape index (κ1) is 19.6. The number of aryl methyl sites for hydroxylation is 2. The normalized spacial score (nSPS) is 11.0. The van der Waals surface area contributed by atoms with Gasteiger partial charge in [0.25, 0.3) is 5.91 Å². The van der Waals surface area contributed by atoms with E-state index in [4.69, 9.17) is 9.47 Å². The van der Waals surface area contributed by atoms with Crippen LogP contribution in [0.3, 0.4) is 0 Å². The van der Waals surface area contributed by atoms with Crippen LogP contribution in [0.2, 0.25) is 0 Å². The van der Waals surface area contributed by atoms with E-state index in [0.717, 1.165) is 11.0 Å². The molecule has 0 aliphatic carbocycles. The third-order valence-corrected chi connectivity index (χ3v) is 4.59. The van der Waals surface area contributed by atoms with Crippen molar-refractivity contribution in [2.75, 3.05) is 25.6 Å². The Morgan fingerprint density at radius 2 is 1.96 bits per heavy atom. The second kappa shape index (κ2) is 8.26. The molecule has 0 bridgehead atoms. The lowest BCUT2D eigenvalue weighted by molar-refractivity contribution is 0.0387. The summed E-state index contributed by atoms with van der Waals surface area (Å²) in [7, 11) is 1.53. The molecule has 3 rings (SSSR count). The molecule has 1 amide bonds. The first-order chi connectivity index (χ1) is 13.5. The van der Waals surface area contributed by atoms with E-state index in [9.17, 15) is 9.59 Å². The van der Waals surface area contributed by atoms with Gasteiger partial charge < -0.3 is 19.0 Å². The topological polar surface area (TPSA) is 98.2 Å². The maximum atomic E-state index is 12.9. The Bertz CT molecular complexity index is 1020. The Hall–Kier alpha value is -3.13. The second-order valence-electron chi connectivity index (χ2n) is 6.38. The molecule has 0 saturated heterocycles. The zero-order valence-electron chi connectivity index (χ0n) is 16.5. The van der Waals surface area contributed by atoms with Crippen LogP contribution in [0.4, 0.5) is 5.95 Å². The fraction of sp³-hybridized carbons (Fsp3) is 0.350. The van der Waals surface area contributed by atoms with Crippen LogP contribution in [0.5, 0.6) is 0 Å². The van der Waals surface area contributed by atoms with Gasteiger partial charge in [-0.15, -0.1) is 0 Å². The van der Waals surface area contributed by atoms with Crippen LogP contribution >= 0.6 is 0 Å². The van der Waals surface area contributed by atoms with Gasteiger partial charge in [-0.25, -0.2) is 9.78 Å². The highest BCUT2D eigenvalue weighted by Crippen LogP contribution is 2.22. The minimum absolute atomic E-state index is 0.154. The molecule has 0 aliphatic rings. The van der Waals surface area contributed by atoms with Gasteiger partial charge in [0.05, 0.1) is 23.2 Å². The van der Waals surface area contributed by atoms with Gasteiger partial charge in [0.1, 0.15) is 12.3 Å². The Kier molecular flexibility index (Phi) is 5.79. The van der Waals surface area contributed by atoms with Gasteiger partial charge in [-0.2, -0.15) is 0 Å². The van der Waals surface area contributed by atoms with Crippen molar-refractivity contribution in [3.63, 3.8) is 0 Å². The zero-order valence-corrected chi connectivity index (χ0v) is 16.5. The van der Waals surface area contributed by atoms with Crippen LogP contribution in [-0.4, -0.2) is 46.7 Å². The Morgan fingerprint density at radius 3 is 2.68 bits per heavy atom. The Morgan fingerprint density at radius 1 is 1.21 bits per heavy atom. The van der Waals surface area contributed by atoms with E-state index in [1.807, 2.05) is 35.8 Å². The van der Waals surface area contributed by atoms with Gasteiger partial charge in [0, 0.05) is 19.3 Å². The maximum absolute atomic E-state index is 12.9. The number of imidazole rings is 1. The van der Waals surface area contributed by atoms with Crippen molar-refractivity contribution in [3.05, 3.63) is 46.8 Å². The van der Waals surface area contributed by atoms with Gasteiger partial charge in [-0.3, -0.25) is 10.1 Å². The first-order valence-corrected chi connectivity index (χ1v) is 9.09. The summed E-state index contributed by atoms with van der Waals surface area (Å²) in [5, 5.41) is 2.85. The molecule has 0 unspecified atom stereocenters. The Balaban J connectivity index is 1.86. The molecule has 1 aromatic carbocycles. The molecular weight excluding hydrogens is 360 g/mol. The summed E-state index contributed by atoms with van der Waals surface area (Å²) in [6.07, 6.45) is 0. The zero-order chi connectivity index (χ0) is 20.3. The summed E-state index contributed by atoms with van der Waals surface area (Å²) in [5.41, 5.74) is 3.55. The average molecular weight is 384 g/mol. The van der Waals surface area contributed by atoms with Crippen molar-refractivity contribution in [1.29, 1.82) is 0 Å². The SMILES string of the molecule is CCn1c(NC(=O)c2[nH]c(C)c(C(=O)OCCOC)c2C)nc2ccccc21. The summed E-state index contributed by atoms with van der Waals surface area (Å²) in [5.74, 6) is -0.380. The summed E-state index contributed by atoms with van der Waals surface area (Å²) >= 11 is 0. The number of aromatic nitrogens is 3. The molecule has 2 N–H and O–H groups in total. The fourth-order valence-electron chi connectivity index (χ4n) is 3.23. The minimum atomic E-state index is -0.483. The van der Waals surface area contributed by atoms with Crippen LogP contribution < -0.4 is 5.32 Å². The lowest BCUT2D eigenvalue weighted by Crippen LogP contribution is -2.17. The number of methoxy groups -OCH3 is 1. The number of rotatable bonds is 7. The largest absolute Gasteiger partial charge is 0.460 e. The molecule has 148 valence electrons. The van der Waals surface area contributed by atoms with E-state index in [1.54, 1.807) is 13.8 Å². The number of carbonyl (C=O) groups is 2. The van der Waals surface area contributed by atoms with Crippen LogP contribution in [0, 0.1) is 13.8 Å². The van der Waals surface area contributed by atoms with Crippen molar-refractivity contribution in [2.45, 2.75) is 27.3 Å². The molecule has 2 heterocycles. The Labute approximate surface area is 162 Å². The van der Waals surface area contributed by atoms with E-state index < -0.39 is 5.97 Å². The third-order valence-electron chi connectivity index (χ3n) is 4.59. The lowest BCUT2D eigenvalue weighted by Gasteiger charge is -2.08. The highest BCUT2D eigenvalue weighted by atomic mass is 16.6. The second-order valence-corrected chi connectivity index (χ2v) is 6.38. The standard InChI is InChI=1S/C20H24N4O4/c1-5-24-15-9-7-6-8-14(15)22-20(24)23-18(25)17-12(2)16(13(3)21-17)19(26)28-11-10-27-4/h6-9,21H,5,10-11H2,1-4H3,(H,22,23,25). The van der Waals surface area contributed by atoms with Gasteiger partial charge in [-0.05, 0) is 38.5 Å². The molecule has 0 saturated carbocycles. The molecule has 0 fully saturated rings. The summed E-state index contributed by atoms with van der Waals surface area (Å²) in [4.78, 5) is 32.7. The molecule has 8 heteroatoms. The number of ether oxygens (including phenoxy) is 2. The van der Waals surface area contributed by atoms with Crippen LogP contribution in [0.25, 0.3) is 11.0 Å². The van der Waals surface area contributed by atoms with Crippen LogP contribution in [-0.2, 0) is 16.0 Å². The van der Waals surface area contributed by atoms with Crippen LogP contribution in [0.1, 0.15) is 39.0 Å². The van der Waals surface area contributed by atoms with Crippen molar-refractivity contribution in [1.82, 2.24) is 14.5 Å². The van der Waals surface area contributed by atoms with E-state index >= 15 is 0 Å². The molecule has 2 aromatic heterocycles. The number of H-pyrrole nitrogens is 1. The number of hydrogen-bond donors (Lipinski definition) is 2. The molecule has 8 nitrogen and oxygen atoms in total. The van der Waals surface area contributed by atoms with E-state index in [0.29, 0.717) is 41.6 Å². The molecule has 0 aliphatic heterocycles. The number of carbonyl (C=O) groups excluding carboxylic acids is 2. The van der Waals surface area contributed by atoms with Crippen molar-refractivity contribution in [3.8, 4) is 0 Å². The minimum Gasteiger partial charge on any atom is -0.460 e. The quantitative estimate of drug-likeness (QED) is 0.482. The highest BCUT2D eigenvalue weighted by Gasteiger charge is 2.24. The fourth-order valence-corrected chi connectivity index (χ4v) is 3.23. The van der Waals surface area contributed by atoms with Gasteiger partial charge >= 0.3 is 5.97 Å². The smallest absolute Gasteiger partial charge is 0.340 e. The number of aromatic amines is 1. The van der Waals surface area contributed by atoms with Gasteiger partial charge in [-0.1, -0.05) is 12.1 Å². The number of esters is 1. The van der Waals surface area contributed by atoms with Crippen molar-refractivity contribution in [2.24, 2.45) is 0 Å². The summed E-state index contributed by atoms with van der Waals surface area (Å²) in [6, 6.07) is 7.69. The summed E-state index contributed by atoms with van der Waals surface area (Å²) < 4.78 is 12.0. The van der Waals surface area contributed by atoms with E-state index in [1.165, 1.54) is 7.11 Å². The number of amides is 1. The molecule has 28 heavy (non-hydrogen) atoms. The monoisotopic (exact) mass is 384 g/mol. The molecule has 0 radical (unpaired) electrons. The number of para-hydroxylation sites is 2. The predicted molar refractivity (Wildman–Crippen MR) is 106 cm³/mol. The highest BCUT2D eigenvalue weighted by molar-refractivity contribution is 6.06. The number of anilines is 1. The van der Waals surface area contributed by atoms with Crippen molar-refractivity contribution < 1.29 is 19.1 Å². The number of hydrogen-bond acceptors (Lipinski definition) is 5. The number of fused-ring (bicyclic) bond motifs is 1. The van der Waals surface area contributed by atoms with Crippen molar-refractivity contribution >= 4 is 28.9 Å².